The Morgan fingerprint density at radius 1 is 1.33 bits per heavy atom. The van der Waals surface area contributed by atoms with E-state index < -0.39 is 6.04 Å². The smallest absolute Gasteiger partial charge is 0.256 e. The molecule has 4 rings (SSSR count). The van der Waals surface area contributed by atoms with Crippen LogP contribution in [0.3, 0.4) is 0 Å². The van der Waals surface area contributed by atoms with Crippen molar-refractivity contribution in [2.75, 3.05) is 0 Å². The van der Waals surface area contributed by atoms with E-state index in [1.165, 1.54) is 0 Å². The van der Waals surface area contributed by atoms with Crippen LogP contribution in [0.2, 0.25) is 0 Å². The molecular formula is C16H18N2O2S. The second-order valence-corrected chi connectivity index (χ2v) is 8.29. The van der Waals surface area contributed by atoms with Crippen molar-refractivity contribution in [1.82, 2.24) is 10.2 Å². The van der Waals surface area contributed by atoms with E-state index in [2.05, 4.69) is 19.2 Å². The second kappa shape index (κ2) is 4.26. The normalized spacial score (nSPS) is 29.2. The van der Waals surface area contributed by atoms with Crippen molar-refractivity contribution in [2.24, 2.45) is 0 Å². The van der Waals surface area contributed by atoms with E-state index in [0.717, 1.165) is 24.0 Å². The van der Waals surface area contributed by atoms with Crippen molar-refractivity contribution < 1.29 is 9.59 Å². The summed E-state index contributed by atoms with van der Waals surface area (Å²) in [5.41, 5.74) is 1.79. The van der Waals surface area contributed by atoms with Crippen LogP contribution in [0.15, 0.2) is 24.3 Å². The molecule has 110 valence electrons. The first-order chi connectivity index (χ1) is 9.99. The maximum atomic E-state index is 12.7. The number of carbonyl (C=O) groups excluding carboxylic acids is 2. The number of thioether (sulfide) groups is 1. The fourth-order valence-electron chi connectivity index (χ4n) is 3.31. The summed E-state index contributed by atoms with van der Waals surface area (Å²) in [5.74, 6) is -0.0109. The molecule has 1 N–H and O–H groups in total. The summed E-state index contributed by atoms with van der Waals surface area (Å²) in [4.78, 5) is 27.1. The summed E-state index contributed by atoms with van der Waals surface area (Å²) in [6.07, 6.45) is 2.12. The van der Waals surface area contributed by atoms with Crippen LogP contribution >= 0.6 is 11.8 Å². The maximum Gasteiger partial charge on any atom is 0.256 e. The topological polar surface area (TPSA) is 49.4 Å². The van der Waals surface area contributed by atoms with Crippen molar-refractivity contribution in [3.8, 4) is 0 Å². The molecule has 1 aromatic rings. The van der Waals surface area contributed by atoms with Crippen molar-refractivity contribution in [1.29, 1.82) is 0 Å². The molecule has 1 saturated carbocycles. The van der Waals surface area contributed by atoms with Gasteiger partial charge >= 0.3 is 0 Å². The number of nitrogens with one attached hydrogen (secondary N) is 1. The molecule has 0 spiro atoms. The van der Waals surface area contributed by atoms with E-state index >= 15 is 0 Å². The van der Waals surface area contributed by atoms with Crippen molar-refractivity contribution in [3.05, 3.63) is 35.4 Å². The van der Waals surface area contributed by atoms with Crippen molar-refractivity contribution in [2.45, 2.75) is 48.9 Å². The van der Waals surface area contributed by atoms with Crippen LogP contribution in [0.25, 0.3) is 0 Å². The number of hydrogen-bond donors (Lipinski definition) is 1. The summed E-state index contributed by atoms with van der Waals surface area (Å²) in [7, 11) is 0. The highest BCUT2D eigenvalue weighted by molar-refractivity contribution is 8.01. The van der Waals surface area contributed by atoms with Gasteiger partial charge in [0, 0.05) is 16.4 Å². The van der Waals surface area contributed by atoms with Crippen molar-refractivity contribution >= 4 is 23.6 Å². The number of rotatable bonds is 2. The molecule has 3 aliphatic rings. The summed E-state index contributed by atoms with van der Waals surface area (Å²) in [6.45, 7) is 4.12. The van der Waals surface area contributed by atoms with Gasteiger partial charge in [-0.2, -0.15) is 0 Å². The molecule has 2 aliphatic heterocycles. The summed E-state index contributed by atoms with van der Waals surface area (Å²) >= 11 is 1.71. The zero-order valence-electron chi connectivity index (χ0n) is 12.1. The molecule has 0 bridgehead atoms. The minimum atomic E-state index is -0.395. The van der Waals surface area contributed by atoms with Gasteiger partial charge in [0.15, 0.2) is 0 Å². The molecule has 2 amide bonds. The monoisotopic (exact) mass is 302 g/mol. The predicted molar refractivity (Wildman–Crippen MR) is 82.0 cm³/mol. The standard InChI is InChI=1S/C16H18N2O2S/c1-16(2)12(13(19)17-9-7-8-9)18-14(20)10-5-3-4-6-11(10)15(18)21-16/h3-6,9,12,15H,7-8H2,1-2H3,(H,17,19)/t12-,15-/m1/s1. The van der Waals surface area contributed by atoms with Gasteiger partial charge in [0.1, 0.15) is 11.4 Å². The molecule has 2 atom stereocenters. The van der Waals surface area contributed by atoms with Gasteiger partial charge in [0.25, 0.3) is 5.91 Å². The first kappa shape index (κ1) is 13.2. The first-order valence-electron chi connectivity index (χ1n) is 7.39. The molecule has 1 saturated heterocycles. The Labute approximate surface area is 128 Å². The fourth-order valence-corrected chi connectivity index (χ4v) is 4.90. The molecule has 21 heavy (non-hydrogen) atoms. The third kappa shape index (κ3) is 1.90. The number of fused-ring (bicyclic) bond motifs is 3. The van der Waals surface area contributed by atoms with Crippen LogP contribution in [-0.4, -0.2) is 33.5 Å². The summed E-state index contributed by atoms with van der Waals surface area (Å²) < 4.78 is -0.271. The molecule has 0 unspecified atom stereocenters. The lowest BCUT2D eigenvalue weighted by molar-refractivity contribution is -0.126. The Balaban J connectivity index is 1.72. The van der Waals surface area contributed by atoms with Gasteiger partial charge in [-0.05, 0) is 38.3 Å². The molecule has 4 nitrogen and oxygen atoms in total. The van der Waals surface area contributed by atoms with Crippen LogP contribution in [0.4, 0.5) is 0 Å². The van der Waals surface area contributed by atoms with Crippen LogP contribution < -0.4 is 5.32 Å². The number of carbonyl (C=O) groups is 2. The highest BCUT2D eigenvalue weighted by Crippen LogP contribution is 2.56. The van der Waals surface area contributed by atoms with E-state index in [-0.39, 0.29) is 21.9 Å². The fraction of sp³-hybridized carbons (Fsp3) is 0.500. The largest absolute Gasteiger partial charge is 0.352 e. The minimum absolute atomic E-state index is 0.00124. The molecule has 2 fully saturated rings. The van der Waals surface area contributed by atoms with E-state index in [1.54, 1.807) is 16.7 Å². The summed E-state index contributed by atoms with van der Waals surface area (Å²) in [6, 6.07) is 7.63. The maximum absolute atomic E-state index is 12.7. The summed E-state index contributed by atoms with van der Waals surface area (Å²) in [5, 5.41) is 3.04. The van der Waals surface area contributed by atoms with E-state index in [9.17, 15) is 9.59 Å². The Morgan fingerprint density at radius 2 is 2.05 bits per heavy atom. The molecule has 2 heterocycles. The average Bonchev–Trinajstić information content (AvgIpc) is 3.14. The van der Waals surface area contributed by atoms with E-state index in [1.807, 2.05) is 24.3 Å². The lowest BCUT2D eigenvalue weighted by Gasteiger charge is -2.29. The zero-order chi connectivity index (χ0) is 14.8. The van der Waals surface area contributed by atoms with Gasteiger partial charge in [0.05, 0.1) is 0 Å². The van der Waals surface area contributed by atoms with Crippen LogP contribution in [0.1, 0.15) is 48.0 Å². The van der Waals surface area contributed by atoms with E-state index in [0.29, 0.717) is 6.04 Å². The molecular weight excluding hydrogens is 284 g/mol. The molecule has 0 radical (unpaired) electrons. The SMILES string of the molecule is CC1(C)S[C@@H]2c3ccccc3C(=O)N2[C@@H]1C(=O)NC1CC1. The lowest BCUT2D eigenvalue weighted by Crippen LogP contribution is -2.52. The Morgan fingerprint density at radius 3 is 2.76 bits per heavy atom. The van der Waals surface area contributed by atoms with Gasteiger partial charge in [-0.1, -0.05) is 18.2 Å². The second-order valence-electron chi connectivity index (χ2n) is 6.56. The van der Waals surface area contributed by atoms with E-state index in [4.69, 9.17) is 0 Å². The van der Waals surface area contributed by atoms with Crippen molar-refractivity contribution in [3.63, 3.8) is 0 Å². The van der Waals surface area contributed by atoms with Gasteiger partial charge < -0.3 is 10.2 Å². The highest BCUT2D eigenvalue weighted by atomic mass is 32.2. The predicted octanol–water partition coefficient (Wildman–Crippen LogP) is 2.31. The van der Waals surface area contributed by atoms with Gasteiger partial charge in [-0.3, -0.25) is 9.59 Å². The quantitative estimate of drug-likeness (QED) is 0.912. The molecule has 5 heteroatoms. The number of hydrogen-bond acceptors (Lipinski definition) is 3. The highest BCUT2D eigenvalue weighted by Gasteiger charge is 2.57. The zero-order valence-corrected chi connectivity index (χ0v) is 12.9. The van der Waals surface area contributed by atoms with Gasteiger partial charge in [-0.15, -0.1) is 11.8 Å². The minimum Gasteiger partial charge on any atom is -0.352 e. The molecule has 1 aliphatic carbocycles. The van der Waals surface area contributed by atoms with Crippen LogP contribution in [0, 0.1) is 0 Å². The Kier molecular flexibility index (Phi) is 2.67. The Hall–Kier alpha value is -1.49. The third-order valence-corrected chi connectivity index (χ3v) is 6.00. The average molecular weight is 302 g/mol. The first-order valence-corrected chi connectivity index (χ1v) is 8.27. The lowest BCUT2D eigenvalue weighted by atomic mass is 10.0. The molecule has 0 aromatic heterocycles. The van der Waals surface area contributed by atoms with Gasteiger partial charge in [-0.25, -0.2) is 0 Å². The van der Waals surface area contributed by atoms with Crippen LogP contribution in [0.5, 0.6) is 0 Å². The molecule has 1 aromatic carbocycles. The van der Waals surface area contributed by atoms with Crippen LogP contribution in [-0.2, 0) is 4.79 Å². The Bertz CT molecular complexity index is 639. The number of amides is 2. The number of benzene rings is 1. The third-order valence-electron chi connectivity index (χ3n) is 4.47. The number of nitrogens with zero attached hydrogens (tertiary/aromatic N) is 1. The van der Waals surface area contributed by atoms with Gasteiger partial charge in [0.2, 0.25) is 5.91 Å².